The summed E-state index contributed by atoms with van der Waals surface area (Å²) in [5.74, 6) is 0.175. The average Bonchev–Trinajstić information content (AvgIpc) is 3.22. The van der Waals surface area contributed by atoms with E-state index in [-0.39, 0.29) is 24.3 Å². The van der Waals surface area contributed by atoms with Gasteiger partial charge < -0.3 is 19.7 Å². The molecule has 1 aliphatic rings. The molecule has 1 aliphatic heterocycles. The van der Waals surface area contributed by atoms with Gasteiger partial charge in [-0.1, -0.05) is 13.8 Å². The summed E-state index contributed by atoms with van der Waals surface area (Å²) in [6.45, 7) is 5.23. The molecular formula is C24H29FN2O4. The first kappa shape index (κ1) is 22.6. The van der Waals surface area contributed by atoms with E-state index < -0.39 is 11.7 Å². The van der Waals surface area contributed by atoms with Crippen LogP contribution >= 0.6 is 0 Å². The van der Waals surface area contributed by atoms with Crippen molar-refractivity contribution in [1.29, 1.82) is 0 Å². The second-order valence-electron chi connectivity index (χ2n) is 8.18. The maximum atomic E-state index is 13.3. The van der Waals surface area contributed by atoms with Crippen molar-refractivity contribution in [2.75, 3.05) is 33.9 Å². The Balaban J connectivity index is 1.93. The number of likely N-dealkylation sites (tertiary alicyclic amines) is 1. The molecule has 7 heteroatoms. The van der Waals surface area contributed by atoms with Crippen molar-refractivity contribution in [2.45, 2.75) is 19.8 Å². The summed E-state index contributed by atoms with van der Waals surface area (Å²) in [6, 6.07) is 10.9. The number of carbonyl (C=O) groups excluding carboxylic acids is 2. The Hall–Kier alpha value is -3.09. The van der Waals surface area contributed by atoms with E-state index in [0.717, 1.165) is 5.56 Å². The predicted octanol–water partition coefficient (Wildman–Crippen LogP) is 3.47. The zero-order valence-corrected chi connectivity index (χ0v) is 18.4. The molecule has 0 aromatic heterocycles. The van der Waals surface area contributed by atoms with Gasteiger partial charge in [-0.05, 0) is 48.4 Å². The number of hydrogen-bond acceptors (Lipinski definition) is 4. The van der Waals surface area contributed by atoms with Gasteiger partial charge in [-0.3, -0.25) is 9.59 Å². The summed E-state index contributed by atoms with van der Waals surface area (Å²) < 4.78 is 24.2. The lowest BCUT2D eigenvalue weighted by Gasteiger charge is -2.21. The lowest BCUT2D eigenvalue weighted by molar-refractivity contribution is -0.125. The molecule has 2 unspecified atom stereocenters. The Morgan fingerprint density at radius 2 is 1.81 bits per heavy atom. The number of methoxy groups -OCH3 is 2. The van der Waals surface area contributed by atoms with Gasteiger partial charge in [-0.25, -0.2) is 4.39 Å². The minimum absolute atomic E-state index is 0.0991. The number of nitrogens with zero attached hydrogens (tertiary/aromatic N) is 1. The number of benzene rings is 2. The van der Waals surface area contributed by atoms with E-state index in [1.165, 1.54) is 24.3 Å². The third-order valence-electron chi connectivity index (χ3n) is 5.56. The maximum absolute atomic E-state index is 13.3. The number of rotatable bonds is 7. The molecule has 0 aliphatic carbocycles. The maximum Gasteiger partial charge on any atom is 0.253 e. The van der Waals surface area contributed by atoms with E-state index in [0.29, 0.717) is 36.1 Å². The smallest absolute Gasteiger partial charge is 0.253 e. The topological polar surface area (TPSA) is 67.9 Å². The SMILES string of the molecule is COc1ccc(OC)c(C2CN(C(=O)c3ccc(F)cc3)CC2C(=O)NCC(C)C)c1. The normalized spacial score (nSPS) is 18.2. The summed E-state index contributed by atoms with van der Waals surface area (Å²) in [7, 11) is 3.16. The molecule has 0 radical (unpaired) electrons. The first-order valence-electron chi connectivity index (χ1n) is 10.4. The highest BCUT2D eigenvalue weighted by atomic mass is 19.1. The van der Waals surface area contributed by atoms with Crippen LogP contribution in [-0.2, 0) is 4.79 Å². The molecule has 166 valence electrons. The Bertz CT molecular complexity index is 930. The third kappa shape index (κ3) is 5.16. The fraction of sp³-hybridized carbons (Fsp3) is 0.417. The summed E-state index contributed by atoms with van der Waals surface area (Å²) in [5.41, 5.74) is 1.21. The Kier molecular flexibility index (Phi) is 7.15. The molecule has 31 heavy (non-hydrogen) atoms. The van der Waals surface area contributed by atoms with E-state index in [2.05, 4.69) is 5.32 Å². The number of amides is 2. The molecule has 2 amide bonds. The van der Waals surface area contributed by atoms with Crippen LogP contribution in [-0.4, -0.2) is 50.6 Å². The Morgan fingerprint density at radius 1 is 1.10 bits per heavy atom. The zero-order valence-electron chi connectivity index (χ0n) is 18.4. The van der Waals surface area contributed by atoms with Crippen LogP contribution in [0.1, 0.15) is 35.7 Å². The van der Waals surface area contributed by atoms with Crippen LogP contribution in [0, 0.1) is 17.7 Å². The molecule has 1 heterocycles. The molecule has 1 fully saturated rings. The van der Waals surface area contributed by atoms with Crippen molar-refractivity contribution in [2.24, 2.45) is 11.8 Å². The molecular weight excluding hydrogens is 399 g/mol. The fourth-order valence-electron chi connectivity index (χ4n) is 3.89. The molecule has 2 aromatic rings. The van der Waals surface area contributed by atoms with E-state index >= 15 is 0 Å². The zero-order chi connectivity index (χ0) is 22.5. The van der Waals surface area contributed by atoms with Gasteiger partial charge in [0.05, 0.1) is 20.1 Å². The molecule has 1 saturated heterocycles. The molecule has 3 rings (SSSR count). The van der Waals surface area contributed by atoms with Gasteiger partial charge in [0.2, 0.25) is 5.91 Å². The van der Waals surface area contributed by atoms with Crippen LogP contribution in [0.5, 0.6) is 11.5 Å². The monoisotopic (exact) mass is 428 g/mol. The van der Waals surface area contributed by atoms with Crippen LogP contribution in [0.25, 0.3) is 0 Å². The number of carbonyl (C=O) groups is 2. The minimum atomic E-state index is -0.441. The van der Waals surface area contributed by atoms with Gasteiger partial charge in [0.1, 0.15) is 17.3 Å². The van der Waals surface area contributed by atoms with E-state index in [1.807, 2.05) is 26.0 Å². The van der Waals surface area contributed by atoms with Crippen molar-refractivity contribution in [3.63, 3.8) is 0 Å². The highest BCUT2D eigenvalue weighted by molar-refractivity contribution is 5.95. The van der Waals surface area contributed by atoms with Crippen LogP contribution < -0.4 is 14.8 Å². The Morgan fingerprint density at radius 3 is 2.42 bits per heavy atom. The molecule has 6 nitrogen and oxygen atoms in total. The lowest BCUT2D eigenvalue weighted by Crippen LogP contribution is -2.37. The van der Waals surface area contributed by atoms with Crippen molar-refractivity contribution in [1.82, 2.24) is 10.2 Å². The van der Waals surface area contributed by atoms with Crippen LogP contribution in [0.15, 0.2) is 42.5 Å². The first-order chi connectivity index (χ1) is 14.8. The highest BCUT2D eigenvalue weighted by Gasteiger charge is 2.42. The molecule has 0 bridgehead atoms. The first-order valence-corrected chi connectivity index (χ1v) is 10.4. The fourth-order valence-corrected chi connectivity index (χ4v) is 3.89. The second kappa shape index (κ2) is 9.81. The number of ether oxygens (including phenoxy) is 2. The van der Waals surface area contributed by atoms with Crippen LogP contribution in [0.3, 0.4) is 0 Å². The quantitative estimate of drug-likeness (QED) is 0.733. The van der Waals surface area contributed by atoms with Gasteiger partial charge in [-0.2, -0.15) is 0 Å². The molecule has 1 N–H and O–H groups in total. The summed E-state index contributed by atoms with van der Waals surface area (Å²) in [4.78, 5) is 27.8. The Labute approximate surface area is 182 Å². The van der Waals surface area contributed by atoms with Crippen molar-refractivity contribution >= 4 is 11.8 Å². The van der Waals surface area contributed by atoms with Crippen molar-refractivity contribution in [3.05, 3.63) is 59.4 Å². The molecule has 0 saturated carbocycles. The van der Waals surface area contributed by atoms with E-state index in [9.17, 15) is 14.0 Å². The van der Waals surface area contributed by atoms with Crippen molar-refractivity contribution in [3.8, 4) is 11.5 Å². The number of halogens is 1. The number of nitrogens with one attached hydrogen (secondary N) is 1. The van der Waals surface area contributed by atoms with Gasteiger partial charge in [0, 0.05) is 36.7 Å². The second-order valence-corrected chi connectivity index (χ2v) is 8.18. The molecule has 2 aromatic carbocycles. The predicted molar refractivity (Wildman–Crippen MR) is 116 cm³/mol. The standard InChI is InChI=1S/C24H29FN2O4/c1-15(2)12-26-23(28)21-14-27(24(29)16-5-7-17(25)8-6-16)13-20(21)19-11-18(30-3)9-10-22(19)31-4/h5-11,15,20-21H,12-14H2,1-4H3,(H,26,28). The van der Waals surface area contributed by atoms with Gasteiger partial charge in [0.25, 0.3) is 5.91 Å². The largest absolute Gasteiger partial charge is 0.497 e. The van der Waals surface area contributed by atoms with Gasteiger partial charge in [-0.15, -0.1) is 0 Å². The average molecular weight is 429 g/mol. The van der Waals surface area contributed by atoms with E-state index in [4.69, 9.17) is 9.47 Å². The number of hydrogen-bond donors (Lipinski definition) is 1. The highest BCUT2D eigenvalue weighted by Crippen LogP contribution is 2.40. The van der Waals surface area contributed by atoms with Crippen LogP contribution in [0.2, 0.25) is 0 Å². The lowest BCUT2D eigenvalue weighted by atomic mass is 9.87. The summed E-state index contributed by atoms with van der Waals surface area (Å²) >= 11 is 0. The van der Waals surface area contributed by atoms with Crippen molar-refractivity contribution < 1.29 is 23.5 Å². The summed E-state index contributed by atoms with van der Waals surface area (Å²) in [5, 5.41) is 3.00. The van der Waals surface area contributed by atoms with E-state index in [1.54, 1.807) is 25.2 Å². The third-order valence-corrected chi connectivity index (χ3v) is 5.56. The van der Waals surface area contributed by atoms with Crippen LogP contribution in [0.4, 0.5) is 4.39 Å². The molecule has 2 atom stereocenters. The summed E-state index contributed by atoms with van der Waals surface area (Å²) in [6.07, 6.45) is 0. The van der Waals surface area contributed by atoms with Gasteiger partial charge >= 0.3 is 0 Å². The van der Waals surface area contributed by atoms with Gasteiger partial charge in [0.15, 0.2) is 0 Å². The minimum Gasteiger partial charge on any atom is -0.497 e. The molecule has 0 spiro atoms.